The molecule has 7 heteroatoms. The predicted octanol–water partition coefficient (Wildman–Crippen LogP) is 2.47. The van der Waals surface area contributed by atoms with Crippen molar-refractivity contribution in [3.05, 3.63) is 39.9 Å². The van der Waals surface area contributed by atoms with E-state index in [-0.39, 0.29) is 11.9 Å². The summed E-state index contributed by atoms with van der Waals surface area (Å²) >= 11 is 5.25. The van der Waals surface area contributed by atoms with E-state index in [4.69, 9.17) is 4.74 Å². The molecule has 23 heavy (non-hydrogen) atoms. The molecule has 2 atom stereocenters. The highest BCUT2D eigenvalue weighted by Gasteiger charge is 2.62. The molecule has 1 aromatic carbocycles. The van der Waals surface area contributed by atoms with Crippen LogP contribution >= 0.6 is 27.7 Å². The summed E-state index contributed by atoms with van der Waals surface area (Å²) in [6, 6.07) is 5.75. The van der Waals surface area contributed by atoms with Crippen LogP contribution in [0.25, 0.3) is 0 Å². The van der Waals surface area contributed by atoms with Crippen LogP contribution in [0.1, 0.15) is 12.5 Å². The average molecular weight is 395 g/mol. The number of thioether (sulfide) groups is 1. The first-order valence-electron chi connectivity index (χ1n) is 7.44. The molecule has 1 aromatic rings. The van der Waals surface area contributed by atoms with Gasteiger partial charge in [0.25, 0.3) is 5.91 Å². The van der Waals surface area contributed by atoms with Gasteiger partial charge in [-0.1, -0.05) is 22.0 Å². The third-order valence-corrected chi connectivity index (χ3v) is 6.07. The van der Waals surface area contributed by atoms with Crippen molar-refractivity contribution in [1.82, 2.24) is 4.90 Å². The van der Waals surface area contributed by atoms with Gasteiger partial charge in [-0.2, -0.15) is 0 Å². The number of carbonyl (C=O) groups is 2. The van der Waals surface area contributed by atoms with Gasteiger partial charge in [0.15, 0.2) is 5.54 Å². The summed E-state index contributed by atoms with van der Waals surface area (Å²) in [6.45, 7) is 2.06. The number of fused-ring (bicyclic) bond motifs is 4. The molecule has 3 heterocycles. The highest BCUT2D eigenvalue weighted by Crippen LogP contribution is 2.53. The van der Waals surface area contributed by atoms with Gasteiger partial charge < -0.3 is 10.1 Å². The van der Waals surface area contributed by atoms with Crippen molar-refractivity contribution < 1.29 is 14.3 Å². The molecule has 3 aliphatic rings. The SMILES string of the molecule is CCOC(=O)C1=C[C@H]2CSCN2[C@]12C(=O)Nc1ccc(Br)cc12. The van der Waals surface area contributed by atoms with Crippen molar-refractivity contribution in [3.63, 3.8) is 0 Å². The summed E-state index contributed by atoms with van der Waals surface area (Å²) in [5.41, 5.74) is 0.950. The minimum absolute atomic E-state index is 0.0788. The first kappa shape index (κ1) is 15.2. The lowest BCUT2D eigenvalue weighted by Crippen LogP contribution is -2.51. The van der Waals surface area contributed by atoms with E-state index in [9.17, 15) is 9.59 Å². The Labute approximate surface area is 146 Å². The molecule has 0 bridgehead atoms. The molecule has 1 spiro atoms. The van der Waals surface area contributed by atoms with Crippen LogP contribution in [0.5, 0.6) is 0 Å². The van der Waals surface area contributed by atoms with E-state index in [0.717, 1.165) is 21.5 Å². The molecule has 0 aromatic heterocycles. The van der Waals surface area contributed by atoms with Gasteiger partial charge in [-0.3, -0.25) is 9.69 Å². The van der Waals surface area contributed by atoms with E-state index in [1.54, 1.807) is 18.7 Å². The van der Waals surface area contributed by atoms with Crippen LogP contribution in [0.2, 0.25) is 0 Å². The number of rotatable bonds is 2. The number of esters is 1. The van der Waals surface area contributed by atoms with Gasteiger partial charge in [0, 0.05) is 33.4 Å². The van der Waals surface area contributed by atoms with Gasteiger partial charge in [-0.05, 0) is 25.1 Å². The van der Waals surface area contributed by atoms with Gasteiger partial charge in [0.2, 0.25) is 0 Å². The zero-order chi connectivity index (χ0) is 16.2. The van der Waals surface area contributed by atoms with Gasteiger partial charge in [0.1, 0.15) is 0 Å². The third-order valence-electron chi connectivity index (χ3n) is 4.54. The monoisotopic (exact) mass is 394 g/mol. The lowest BCUT2D eigenvalue weighted by atomic mass is 9.84. The summed E-state index contributed by atoms with van der Waals surface area (Å²) in [5.74, 6) is 1.01. The quantitative estimate of drug-likeness (QED) is 0.780. The molecule has 0 aliphatic carbocycles. The number of ether oxygens (including phenoxy) is 1. The van der Waals surface area contributed by atoms with Crippen LogP contribution in [0.4, 0.5) is 5.69 Å². The van der Waals surface area contributed by atoms with Gasteiger partial charge in [-0.25, -0.2) is 4.79 Å². The first-order valence-corrected chi connectivity index (χ1v) is 9.39. The molecule has 120 valence electrons. The van der Waals surface area contributed by atoms with E-state index in [1.807, 2.05) is 24.3 Å². The maximum atomic E-state index is 13.0. The summed E-state index contributed by atoms with van der Waals surface area (Å²) < 4.78 is 6.12. The van der Waals surface area contributed by atoms with E-state index >= 15 is 0 Å². The Hall–Kier alpha value is -1.31. The molecule has 3 aliphatic heterocycles. The number of nitrogens with one attached hydrogen (secondary N) is 1. The second-order valence-corrected chi connectivity index (χ2v) is 7.61. The van der Waals surface area contributed by atoms with Crippen molar-refractivity contribution >= 4 is 45.3 Å². The highest BCUT2D eigenvalue weighted by atomic mass is 79.9. The largest absolute Gasteiger partial charge is 0.463 e. The Balaban J connectivity index is 1.93. The first-order chi connectivity index (χ1) is 11.1. The van der Waals surface area contributed by atoms with Crippen LogP contribution in [-0.4, -0.2) is 41.1 Å². The number of hydrogen-bond acceptors (Lipinski definition) is 5. The van der Waals surface area contributed by atoms with Crippen LogP contribution in [0, 0.1) is 0 Å². The molecule has 4 rings (SSSR count). The maximum Gasteiger partial charge on any atom is 0.336 e. The molecule has 0 saturated carbocycles. The molecule has 1 saturated heterocycles. The van der Waals surface area contributed by atoms with Crippen molar-refractivity contribution in [2.75, 3.05) is 23.6 Å². The lowest BCUT2D eigenvalue weighted by Gasteiger charge is -2.34. The zero-order valence-corrected chi connectivity index (χ0v) is 14.9. The van der Waals surface area contributed by atoms with Crippen LogP contribution < -0.4 is 5.32 Å². The Morgan fingerprint density at radius 1 is 1.57 bits per heavy atom. The van der Waals surface area contributed by atoms with Crippen molar-refractivity contribution in [3.8, 4) is 0 Å². The Morgan fingerprint density at radius 2 is 2.39 bits per heavy atom. The molecule has 5 nitrogen and oxygen atoms in total. The van der Waals surface area contributed by atoms with Crippen LogP contribution in [-0.2, 0) is 19.9 Å². The lowest BCUT2D eigenvalue weighted by molar-refractivity contribution is -0.142. The van der Waals surface area contributed by atoms with Crippen molar-refractivity contribution in [1.29, 1.82) is 0 Å². The normalized spacial score (nSPS) is 28.5. The summed E-state index contributed by atoms with van der Waals surface area (Å²) in [4.78, 5) is 27.7. The van der Waals surface area contributed by atoms with Crippen molar-refractivity contribution in [2.24, 2.45) is 0 Å². The Kier molecular flexibility index (Phi) is 3.55. The molecular formula is C16H15BrN2O3S. The molecule has 1 amide bonds. The minimum atomic E-state index is -1.07. The second-order valence-electron chi connectivity index (χ2n) is 5.69. The molecule has 1 fully saturated rings. The van der Waals surface area contributed by atoms with Crippen molar-refractivity contribution in [2.45, 2.75) is 18.5 Å². The third kappa shape index (κ3) is 1.96. The standard InChI is InChI=1S/C16H15BrN2O3S/c1-2-22-14(20)12-6-10-7-23-8-19(10)16(12)11-5-9(17)3-4-13(11)18-15(16)21/h3-6,10H,2,7-8H2,1H3,(H,18,21)/t10-,16-/m0/s1. The number of amides is 1. The molecule has 1 N–H and O–H groups in total. The maximum absolute atomic E-state index is 13.0. The van der Waals surface area contributed by atoms with E-state index < -0.39 is 11.5 Å². The number of anilines is 1. The van der Waals surface area contributed by atoms with Gasteiger partial charge >= 0.3 is 5.97 Å². The second kappa shape index (κ2) is 5.36. The Bertz CT molecular complexity index is 751. The molecule has 0 radical (unpaired) electrons. The summed E-state index contributed by atoms with van der Waals surface area (Å²) in [5, 5.41) is 2.94. The Morgan fingerprint density at radius 3 is 3.17 bits per heavy atom. The summed E-state index contributed by atoms with van der Waals surface area (Å²) in [7, 11) is 0. The highest BCUT2D eigenvalue weighted by molar-refractivity contribution is 9.10. The fourth-order valence-electron chi connectivity index (χ4n) is 3.65. The molecule has 0 unspecified atom stereocenters. The van der Waals surface area contributed by atoms with Crippen LogP contribution in [0.15, 0.2) is 34.3 Å². The van der Waals surface area contributed by atoms with E-state index in [1.165, 1.54) is 0 Å². The summed E-state index contributed by atoms with van der Waals surface area (Å²) in [6.07, 6.45) is 1.91. The van der Waals surface area contributed by atoms with E-state index in [0.29, 0.717) is 18.1 Å². The van der Waals surface area contributed by atoms with Crippen LogP contribution in [0.3, 0.4) is 0 Å². The van der Waals surface area contributed by atoms with Gasteiger partial charge in [-0.15, -0.1) is 11.8 Å². The molecular weight excluding hydrogens is 380 g/mol. The number of benzene rings is 1. The fourth-order valence-corrected chi connectivity index (χ4v) is 5.21. The predicted molar refractivity (Wildman–Crippen MR) is 92.1 cm³/mol. The smallest absolute Gasteiger partial charge is 0.336 e. The number of carbonyl (C=O) groups excluding carboxylic acids is 2. The fraction of sp³-hybridized carbons (Fsp3) is 0.375. The average Bonchev–Trinajstić information content (AvgIpc) is 3.15. The topological polar surface area (TPSA) is 58.6 Å². The van der Waals surface area contributed by atoms with Gasteiger partial charge in [0.05, 0.1) is 12.2 Å². The number of nitrogens with zero attached hydrogens (tertiary/aromatic N) is 1. The minimum Gasteiger partial charge on any atom is -0.463 e. The zero-order valence-electron chi connectivity index (χ0n) is 12.5. The number of hydrogen-bond donors (Lipinski definition) is 1. The number of halogens is 1. The van der Waals surface area contributed by atoms with E-state index in [2.05, 4.69) is 26.1 Å².